The summed E-state index contributed by atoms with van der Waals surface area (Å²) in [6.45, 7) is -0.204. The highest BCUT2D eigenvalue weighted by Crippen LogP contribution is 2.59. The molecule has 1 nitrogen and oxygen atoms in total. The number of rotatable bonds is 0. The van der Waals surface area contributed by atoms with Gasteiger partial charge in [0.05, 0.1) is 0 Å². The predicted molar refractivity (Wildman–Crippen MR) is 22.1 cm³/mol. The molecule has 1 aliphatic heterocycles. The Kier molecular flexibility index (Phi) is 0.466. The molecule has 1 rings (SSSR count). The van der Waals surface area contributed by atoms with Crippen LogP contribution in [0, 0.1) is 5.16 Å². The molecular weight excluding hydrogens is 89.1 g/mol. The predicted octanol–water partition coefficient (Wildman–Crippen LogP) is 1.85. The molecular formula is CH3NPS+. The van der Waals surface area contributed by atoms with E-state index in [-0.39, 0.29) is 6.92 Å². The highest BCUT2D eigenvalue weighted by atomic mass is 32.8. The molecule has 1 aliphatic rings. The van der Waals surface area contributed by atoms with Crippen LogP contribution in [0.2, 0.25) is 0 Å². The summed E-state index contributed by atoms with van der Waals surface area (Å²) in [6, 6.07) is 0. The van der Waals surface area contributed by atoms with Gasteiger partial charge in [-0.25, -0.2) is 0 Å². The molecule has 0 radical (unpaired) electrons. The number of nitrogens with one attached hydrogen (secondary N) is 1. The van der Waals surface area contributed by atoms with Crippen LogP contribution in [0.1, 0.15) is 0 Å². The van der Waals surface area contributed by atoms with E-state index >= 15 is 0 Å². The maximum atomic E-state index is 6.72. The van der Waals surface area contributed by atoms with Crippen LogP contribution in [-0.2, 0) is 0 Å². The molecule has 0 aromatic rings. The van der Waals surface area contributed by atoms with E-state index < -0.39 is 0 Å². The van der Waals surface area contributed by atoms with Crippen LogP contribution in [-0.4, -0.2) is 5.49 Å². The Hall–Kier alpha value is 0.450. The molecule has 3 heteroatoms. The van der Waals surface area contributed by atoms with Crippen LogP contribution < -0.4 is 0 Å². The van der Waals surface area contributed by atoms with Gasteiger partial charge in [-0.3, -0.25) is 0 Å². The van der Waals surface area contributed by atoms with Crippen molar-refractivity contribution in [3.63, 3.8) is 0 Å². The van der Waals surface area contributed by atoms with E-state index in [9.17, 15) is 0 Å². The third-order valence-electron chi connectivity index (χ3n) is 0.258. The molecule has 0 amide bonds. The van der Waals surface area contributed by atoms with E-state index in [2.05, 4.69) is 0 Å². The lowest BCUT2D eigenvalue weighted by Gasteiger charge is -1.10. The Labute approximate surface area is 29.8 Å². The van der Waals surface area contributed by atoms with Gasteiger partial charge in [-0.1, -0.05) is 0 Å². The monoisotopic (exact) mass is 92.0 g/mol. The van der Waals surface area contributed by atoms with Crippen molar-refractivity contribution in [1.82, 2.24) is 0 Å². The summed E-state index contributed by atoms with van der Waals surface area (Å²) in [5.74, 6) is 0. The third kappa shape index (κ3) is 0.433. The lowest BCUT2D eigenvalue weighted by molar-refractivity contribution is 1.64. The standard InChI is InChI=1S/CH3NPS/c2-3-1-4-3/h2H,1H2/q+1. The summed E-state index contributed by atoms with van der Waals surface area (Å²) in [4.78, 5) is 0. The van der Waals surface area contributed by atoms with Crippen molar-refractivity contribution < 1.29 is 0 Å². The summed E-state index contributed by atoms with van der Waals surface area (Å²) >= 11 is 1.75. The first-order valence-electron chi connectivity index (χ1n) is 1.01. The van der Waals surface area contributed by atoms with Crippen LogP contribution in [0.4, 0.5) is 0 Å². The molecule has 0 aromatic carbocycles. The second-order valence-electron chi connectivity index (χ2n) is 0.637. The first-order valence-corrected chi connectivity index (χ1v) is 4.13. The fourth-order valence-electron chi connectivity index (χ4n) is 0.0289. The Bertz CT molecular complexity index is 46.0. The van der Waals surface area contributed by atoms with Gasteiger partial charge in [-0.15, -0.1) is 5.16 Å². The van der Waals surface area contributed by atoms with Gasteiger partial charge in [0.2, 0.25) is 5.49 Å². The van der Waals surface area contributed by atoms with Crippen LogP contribution in [0.5, 0.6) is 0 Å². The third-order valence-corrected chi connectivity index (χ3v) is 2.32. The average Bonchev–Trinajstić information content (AvgIpc) is 1.75. The SMILES string of the molecule is N=[P+]1CS1. The zero-order chi connectivity index (χ0) is 2.99. The second-order valence-corrected chi connectivity index (χ2v) is 4.78. The van der Waals surface area contributed by atoms with E-state index in [0.717, 1.165) is 5.49 Å². The number of hydrogen-bond acceptors (Lipinski definition) is 2. The van der Waals surface area contributed by atoms with Gasteiger partial charge in [0.1, 0.15) is 0 Å². The number of hydrogen-bond donors (Lipinski definition) is 1. The van der Waals surface area contributed by atoms with E-state index in [0.29, 0.717) is 0 Å². The normalized spacial score (nSPS) is 30.5. The minimum absolute atomic E-state index is 0.204. The molecule has 22 valence electrons. The van der Waals surface area contributed by atoms with Gasteiger partial charge in [-0.2, -0.15) is 0 Å². The molecule has 1 heterocycles. The molecule has 0 aliphatic carbocycles. The summed E-state index contributed by atoms with van der Waals surface area (Å²) in [5.41, 5.74) is 1.13. The van der Waals surface area contributed by atoms with E-state index in [1.54, 1.807) is 11.4 Å². The van der Waals surface area contributed by atoms with Gasteiger partial charge in [0, 0.05) is 0 Å². The molecule has 1 unspecified atom stereocenters. The van der Waals surface area contributed by atoms with E-state index in [4.69, 9.17) is 5.16 Å². The minimum Gasteiger partial charge on any atom is -0.112 e. The first kappa shape index (κ1) is 2.67. The lowest BCUT2D eigenvalue weighted by Crippen LogP contribution is -1.00. The molecule has 1 N–H and O–H groups in total. The van der Waals surface area contributed by atoms with Crippen molar-refractivity contribution in [3.05, 3.63) is 0 Å². The molecule has 1 fully saturated rings. The van der Waals surface area contributed by atoms with Crippen LogP contribution in [0.15, 0.2) is 0 Å². The summed E-state index contributed by atoms with van der Waals surface area (Å²) in [6.07, 6.45) is 0. The average molecular weight is 92.1 g/mol. The molecule has 1 saturated heterocycles. The Balaban J connectivity index is 2.60. The lowest BCUT2D eigenvalue weighted by atomic mass is 11.9. The van der Waals surface area contributed by atoms with Crippen molar-refractivity contribution in [3.8, 4) is 0 Å². The zero-order valence-corrected chi connectivity index (χ0v) is 3.77. The maximum Gasteiger partial charge on any atom is 0.288 e. The van der Waals surface area contributed by atoms with Crippen molar-refractivity contribution in [1.29, 1.82) is 5.16 Å². The summed E-state index contributed by atoms with van der Waals surface area (Å²) < 4.78 is 0. The second kappa shape index (κ2) is 0.697. The first-order chi connectivity index (χ1) is 1.89. The van der Waals surface area contributed by atoms with E-state index in [1.165, 1.54) is 0 Å². The van der Waals surface area contributed by atoms with Crippen LogP contribution >= 0.6 is 18.3 Å². The fraction of sp³-hybridized carbons (Fsp3) is 1.00. The molecule has 4 heavy (non-hydrogen) atoms. The van der Waals surface area contributed by atoms with Crippen molar-refractivity contribution in [2.75, 3.05) is 5.49 Å². The van der Waals surface area contributed by atoms with Gasteiger partial charge in [0.15, 0.2) is 11.4 Å². The van der Waals surface area contributed by atoms with Gasteiger partial charge in [0.25, 0.3) is 6.92 Å². The van der Waals surface area contributed by atoms with Gasteiger partial charge < -0.3 is 0 Å². The minimum atomic E-state index is -0.204. The molecule has 0 bridgehead atoms. The summed E-state index contributed by atoms with van der Waals surface area (Å²) in [5, 5.41) is 6.72. The topological polar surface area (TPSA) is 23.9 Å². The zero-order valence-electron chi connectivity index (χ0n) is 2.06. The molecule has 0 spiro atoms. The Morgan fingerprint density at radius 2 is 2.25 bits per heavy atom. The van der Waals surface area contributed by atoms with E-state index in [1.807, 2.05) is 0 Å². The largest absolute Gasteiger partial charge is 0.288 e. The summed E-state index contributed by atoms with van der Waals surface area (Å²) in [7, 11) is 0. The Morgan fingerprint density at radius 1 is 2.00 bits per heavy atom. The van der Waals surface area contributed by atoms with Gasteiger partial charge >= 0.3 is 0 Å². The van der Waals surface area contributed by atoms with Gasteiger partial charge in [-0.05, 0) is 0 Å². The molecule has 1 atom stereocenters. The highest BCUT2D eigenvalue weighted by molar-refractivity contribution is 8.67. The van der Waals surface area contributed by atoms with Crippen LogP contribution in [0.3, 0.4) is 0 Å². The smallest absolute Gasteiger partial charge is 0.112 e. The fourth-order valence-corrected chi connectivity index (χ4v) is 0.779. The van der Waals surface area contributed by atoms with Crippen molar-refractivity contribution >= 4 is 18.3 Å². The molecule has 0 aromatic heterocycles. The molecule has 0 saturated carbocycles. The highest BCUT2D eigenvalue weighted by Gasteiger charge is 2.30. The van der Waals surface area contributed by atoms with Crippen LogP contribution in [0.25, 0.3) is 0 Å². The van der Waals surface area contributed by atoms with Crippen molar-refractivity contribution in [2.45, 2.75) is 0 Å². The van der Waals surface area contributed by atoms with Crippen molar-refractivity contribution in [2.24, 2.45) is 0 Å². The quantitative estimate of drug-likeness (QED) is 0.357. The maximum absolute atomic E-state index is 6.72. The Morgan fingerprint density at radius 3 is 2.25 bits per heavy atom.